The average Bonchev–Trinajstić information content (AvgIpc) is 2.84. The number of imidazole rings is 1. The molecule has 106 valence electrons. The van der Waals surface area contributed by atoms with Crippen molar-refractivity contribution in [2.45, 2.75) is 13.1 Å². The van der Waals surface area contributed by atoms with Crippen molar-refractivity contribution in [3.8, 4) is 5.82 Å². The molecule has 0 fully saturated rings. The number of ether oxygens (including phenoxy) is 1. The predicted octanol–water partition coefficient (Wildman–Crippen LogP) is 2.46. The fourth-order valence-electron chi connectivity index (χ4n) is 1.64. The lowest BCUT2D eigenvalue weighted by Gasteiger charge is -2.11. The van der Waals surface area contributed by atoms with E-state index < -0.39 is 23.5 Å². The normalized spacial score (nSPS) is 11.4. The molecule has 0 atom stereocenters. The highest BCUT2D eigenvalue weighted by molar-refractivity contribution is 5.89. The Kier molecular flexibility index (Phi) is 3.73. The SMILES string of the molecule is CCOC(=O)c1ncn(-c2ccccn2)c1C(F)(F)F. The number of esters is 1. The van der Waals surface area contributed by atoms with Gasteiger partial charge in [0.15, 0.2) is 11.4 Å². The molecule has 5 nitrogen and oxygen atoms in total. The van der Waals surface area contributed by atoms with E-state index >= 15 is 0 Å². The van der Waals surface area contributed by atoms with Crippen molar-refractivity contribution in [1.82, 2.24) is 14.5 Å². The van der Waals surface area contributed by atoms with Crippen LogP contribution in [0.25, 0.3) is 5.82 Å². The average molecular weight is 285 g/mol. The second-order valence-corrected chi connectivity index (χ2v) is 3.72. The molecule has 2 rings (SSSR count). The molecule has 0 radical (unpaired) electrons. The maximum Gasteiger partial charge on any atom is 0.434 e. The third-order valence-corrected chi connectivity index (χ3v) is 2.40. The standard InChI is InChI=1S/C12H10F3N3O2/c1-2-20-11(19)9-10(12(13,14)15)18(7-17-9)8-5-3-4-6-16-8/h3-7H,2H2,1H3. The van der Waals surface area contributed by atoms with Gasteiger partial charge in [-0.2, -0.15) is 13.2 Å². The Morgan fingerprint density at radius 2 is 2.10 bits per heavy atom. The van der Waals surface area contributed by atoms with E-state index in [4.69, 9.17) is 0 Å². The van der Waals surface area contributed by atoms with E-state index in [0.29, 0.717) is 4.57 Å². The number of halogens is 3. The fourth-order valence-corrected chi connectivity index (χ4v) is 1.64. The maximum atomic E-state index is 13.1. The molecule has 2 aromatic rings. The molecule has 8 heteroatoms. The summed E-state index contributed by atoms with van der Waals surface area (Å²) in [7, 11) is 0. The topological polar surface area (TPSA) is 57.0 Å². The van der Waals surface area contributed by atoms with Gasteiger partial charge in [0, 0.05) is 6.20 Å². The van der Waals surface area contributed by atoms with E-state index in [1.165, 1.54) is 25.3 Å². The summed E-state index contributed by atoms with van der Waals surface area (Å²) in [6.07, 6.45) is -2.51. The van der Waals surface area contributed by atoms with Crippen molar-refractivity contribution >= 4 is 5.97 Å². The highest BCUT2D eigenvalue weighted by Crippen LogP contribution is 2.33. The molecular formula is C12H10F3N3O2. The molecule has 0 amide bonds. The first-order valence-corrected chi connectivity index (χ1v) is 5.68. The zero-order valence-corrected chi connectivity index (χ0v) is 10.4. The summed E-state index contributed by atoms with van der Waals surface area (Å²) in [5.41, 5.74) is -1.97. The third kappa shape index (κ3) is 2.63. The van der Waals surface area contributed by atoms with E-state index in [2.05, 4.69) is 14.7 Å². The van der Waals surface area contributed by atoms with Crippen molar-refractivity contribution < 1.29 is 22.7 Å². The number of carbonyl (C=O) groups is 1. The maximum absolute atomic E-state index is 13.1. The van der Waals surface area contributed by atoms with Gasteiger partial charge in [-0.1, -0.05) is 6.07 Å². The van der Waals surface area contributed by atoms with Gasteiger partial charge in [0.25, 0.3) is 0 Å². The summed E-state index contributed by atoms with van der Waals surface area (Å²) in [6.45, 7) is 1.47. The van der Waals surface area contributed by atoms with Crippen molar-refractivity contribution in [2.75, 3.05) is 6.61 Å². The minimum atomic E-state index is -4.75. The number of alkyl halides is 3. The van der Waals surface area contributed by atoms with Crippen LogP contribution in [0, 0.1) is 0 Å². The molecule has 0 spiro atoms. The van der Waals surface area contributed by atoms with Crippen LogP contribution in [-0.4, -0.2) is 27.1 Å². The Labute approximate surface area is 112 Å². The fraction of sp³-hybridized carbons (Fsp3) is 0.250. The first-order valence-electron chi connectivity index (χ1n) is 5.68. The van der Waals surface area contributed by atoms with Crippen LogP contribution in [0.2, 0.25) is 0 Å². The van der Waals surface area contributed by atoms with Crippen LogP contribution in [0.4, 0.5) is 13.2 Å². The van der Waals surface area contributed by atoms with E-state index in [1.807, 2.05) is 0 Å². The number of hydrogen-bond donors (Lipinski definition) is 0. The molecule has 0 saturated heterocycles. The Morgan fingerprint density at radius 1 is 1.35 bits per heavy atom. The zero-order chi connectivity index (χ0) is 14.8. The highest BCUT2D eigenvalue weighted by atomic mass is 19.4. The molecule has 0 N–H and O–H groups in total. The Morgan fingerprint density at radius 3 is 2.65 bits per heavy atom. The minimum Gasteiger partial charge on any atom is -0.461 e. The van der Waals surface area contributed by atoms with Crippen LogP contribution in [0.15, 0.2) is 30.7 Å². The van der Waals surface area contributed by atoms with Crippen LogP contribution in [-0.2, 0) is 10.9 Å². The number of aromatic nitrogens is 3. The largest absolute Gasteiger partial charge is 0.461 e. The van der Waals surface area contributed by atoms with Crippen molar-refractivity contribution in [1.29, 1.82) is 0 Å². The van der Waals surface area contributed by atoms with Crippen LogP contribution in [0.3, 0.4) is 0 Å². The molecule has 2 heterocycles. The van der Waals surface area contributed by atoms with Crippen LogP contribution < -0.4 is 0 Å². The molecule has 2 aromatic heterocycles. The molecule has 0 aliphatic rings. The lowest BCUT2D eigenvalue weighted by atomic mass is 10.3. The van der Waals surface area contributed by atoms with E-state index in [0.717, 1.165) is 6.33 Å². The number of hydrogen-bond acceptors (Lipinski definition) is 4. The summed E-state index contributed by atoms with van der Waals surface area (Å²) in [5.74, 6) is -1.10. The van der Waals surface area contributed by atoms with Gasteiger partial charge < -0.3 is 4.74 Å². The quantitative estimate of drug-likeness (QED) is 0.813. The molecular weight excluding hydrogens is 275 g/mol. The summed E-state index contributed by atoms with van der Waals surface area (Å²) >= 11 is 0. The van der Waals surface area contributed by atoms with E-state index in [-0.39, 0.29) is 12.4 Å². The monoisotopic (exact) mass is 285 g/mol. The van der Waals surface area contributed by atoms with Gasteiger partial charge in [0.1, 0.15) is 12.1 Å². The Bertz CT molecular complexity index is 608. The first kappa shape index (κ1) is 14.0. The second kappa shape index (κ2) is 5.32. The van der Waals surface area contributed by atoms with Gasteiger partial charge in [-0.05, 0) is 19.1 Å². The molecule has 0 bridgehead atoms. The van der Waals surface area contributed by atoms with Gasteiger partial charge in [0.2, 0.25) is 0 Å². The lowest BCUT2D eigenvalue weighted by Crippen LogP contribution is -2.18. The van der Waals surface area contributed by atoms with Crippen molar-refractivity contribution in [2.24, 2.45) is 0 Å². The summed E-state index contributed by atoms with van der Waals surface area (Å²) < 4.78 is 44.7. The summed E-state index contributed by atoms with van der Waals surface area (Å²) in [5, 5.41) is 0. The first-order chi connectivity index (χ1) is 9.45. The van der Waals surface area contributed by atoms with Crippen molar-refractivity contribution in [3.05, 3.63) is 42.1 Å². The van der Waals surface area contributed by atoms with Gasteiger partial charge in [-0.3, -0.25) is 4.57 Å². The van der Waals surface area contributed by atoms with Crippen LogP contribution in [0.5, 0.6) is 0 Å². The van der Waals surface area contributed by atoms with E-state index in [9.17, 15) is 18.0 Å². The highest BCUT2D eigenvalue weighted by Gasteiger charge is 2.41. The smallest absolute Gasteiger partial charge is 0.434 e. The van der Waals surface area contributed by atoms with Crippen LogP contribution >= 0.6 is 0 Å². The Balaban J connectivity index is 2.57. The van der Waals surface area contributed by atoms with E-state index in [1.54, 1.807) is 6.07 Å². The molecule has 0 aliphatic heterocycles. The van der Waals surface area contributed by atoms with Gasteiger partial charge >= 0.3 is 12.1 Å². The number of carbonyl (C=O) groups excluding carboxylic acids is 1. The molecule has 0 aromatic carbocycles. The molecule has 0 saturated carbocycles. The predicted molar refractivity (Wildman–Crippen MR) is 62.3 cm³/mol. The molecule has 0 aliphatic carbocycles. The van der Waals surface area contributed by atoms with Crippen molar-refractivity contribution in [3.63, 3.8) is 0 Å². The van der Waals surface area contributed by atoms with Gasteiger partial charge in [0.05, 0.1) is 6.61 Å². The number of pyridine rings is 1. The second-order valence-electron chi connectivity index (χ2n) is 3.72. The van der Waals surface area contributed by atoms with Crippen LogP contribution in [0.1, 0.15) is 23.1 Å². The number of rotatable bonds is 3. The number of nitrogens with zero attached hydrogens (tertiary/aromatic N) is 3. The van der Waals surface area contributed by atoms with Gasteiger partial charge in [-0.25, -0.2) is 14.8 Å². The summed E-state index contributed by atoms with van der Waals surface area (Å²) in [6, 6.07) is 4.48. The summed E-state index contributed by atoms with van der Waals surface area (Å²) in [4.78, 5) is 18.9. The lowest BCUT2D eigenvalue weighted by molar-refractivity contribution is -0.143. The molecule has 0 unspecified atom stereocenters. The van der Waals surface area contributed by atoms with Gasteiger partial charge in [-0.15, -0.1) is 0 Å². The molecule has 20 heavy (non-hydrogen) atoms. The minimum absolute atomic E-state index is 0.0165. The zero-order valence-electron chi connectivity index (χ0n) is 10.4. The third-order valence-electron chi connectivity index (χ3n) is 2.40. The Hall–Kier alpha value is -2.38.